The molecule has 1 N–H and O–H groups in total. The van der Waals surface area contributed by atoms with Crippen molar-refractivity contribution < 1.29 is 19.5 Å². The van der Waals surface area contributed by atoms with E-state index in [1.54, 1.807) is 12.1 Å². The Morgan fingerprint density at radius 3 is 2.17 bits per heavy atom. The average molecular weight is 248 g/mol. The minimum Gasteiger partial charge on any atom is -0.481 e. The molecule has 1 rings (SSSR count). The Morgan fingerprint density at radius 2 is 1.67 bits per heavy atom. The smallest absolute Gasteiger partial charge is 0.303 e. The van der Waals surface area contributed by atoms with Crippen molar-refractivity contribution in [2.45, 2.75) is 26.7 Å². The van der Waals surface area contributed by atoms with Gasteiger partial charge in [0, 0.05) is 12.0 Å². The summed E-state index contributed by atoms with van der Waals surface area (Å²) >= 11 is 0. The molecule has 0 bridgehead atoms. The zero-order valence-electron chi connectivity index (χ0n) is 10.5. The van der Waals surface area contributed by atoms with Gasteiger partial charge in [-0.1, -0.05) is 29.8 Å². The highest BCUT2D eigenvalue weighted by atomic mass is 16.4. The third kappa shape index (κ3) is 3.80. The van der Waals surface area contributed by atoms with E-state index in [1.165, 1.54) is 6.92 Å². The summed E-state index contributed by atoms with van der Waals surface area (Å²) in [5.74, 6) is -2.40. The van der Waals surface area contributed by atoms with E-state index < -0.39 is 11.9 Å². The first kappa shape index (κ1) is 14.1. The summed E-state index contributed by atoms with van der Waals surface area (Å²) in [5, 5.41) is 8.49. The summed E-state index contributed by atoms with van der Waals surface area (Å²) in [6.45, 7) is 3.43. The molecule has 18 heavy (non-hydrogen) atoms. The number of carbonyl (C=O) groups excluding carboxylic acids is 2. The number of carboxylic acids is 1. The summed E-state index contributed by atoms with van der Waals surface area (Å²) in [6.07, 6.45) is -0.335. The molecule has 1 atom stereocenters. The maximum absolute atomic E-state index is 12.0. The van der Waals surface area contributed by atoms with Gasteiger partial charge < -0.3 is 5.11 Å². The molecule has 0 amide bonds. The van der Waals surface area contributed by atoms with E-state index in [0.29, 0.717) is 5.56 Å². The quantitative estimate of drug-likeness (QED) is 0.619. The number of rotatable bonds is 6. The van der Waals surface area contributed by atoms with E-state index >= 15 is 0 Å². The van der Waals surface area contributed by atoms with Crippen LogP contribution in [0.5, 0.6) is 0 Å². The number of hydrogen-bond acceptors (Lipinski definition) is 3. The van der Waals surface area contributed by atoms with Crippen LogP contribution >= 0.6 is 0 Å². The minimum absolute atomic E-state index is 0.103. The number of carboxylic acid groups (broad SMARTS) is 1. The van der Waals surface area contributed by atoms with Gasteiger partial charge in [-0.2, -0.15) is 0 Å². The monoisotopic (exact) mass is 248 g/mol. The van der Waals surface area contributed by atoms with Crippen LogP contribution in [0.4, 0.5) is 0 Å². The molecule has 0 spiro atoms. The maximum atomic E-state index is 12.0. The van der Waals surface area contributed by atoms with Crippen molar-refractivity contribution in [3.63, 3.8) is 0 Å². The van der Waals surface area contributed by atoms with Gasteiger partial charge in [0.1, 0.15) is 5.78 Å². The molecule has 0 aromatic heterocycles. The molecule has 0 saturated heterocycles. The van der Waals surface area contributed by atoms with Gasteiger partial charge in [0.15, 0.2) is 5.78 Å². The van der Waals surface area contributed by atoms with Crippen LogP contribution in [0, 0.1) is 12.8 Å². The van der Waals surface area contributed by atoms with Crippen LogP contribution in [-0.4, -0.2) is 22.6 Å². The molecule has 1 aromatic carbocycles. The van der Waals surface area contributed by atoms with Crippen LogP contribution in [0.1, 0.15) is 35.7 Å². The van der Waals surface area contributed by atoms with Gasteiger partial charge in [0.25, 0.3) is 0 Å². The van der Waals surface area contributed by atoms with Gasteiger partial charge in [0.05, 0.1) is 12.3 Å². The van der Waals surface area contributed by atoms with E-state index in [4.69, 9.17) is 5.11 Å². The predicted octanol–water partition coefficient (Wildman–Crippen LogP) is 2.25. The fraction of sp³-hybridized carbons (Fsp3) is 0.357. The lowest BCUT2D eigenvalue weighted by Gasteiger charge is -2.09. The molecule has 0 aliphatic carbocycles. The van der Waals surface area contributed by atoms with Gasteiger partial charge >= 0.3 is 5.97 Å². The third-order valence-electron chi connectivity index (χ3n) is 2.80. The van der Waals surface area contributed by atoms with E-state index in [0.717, 1.165) is 5.56 Å². The van der Waals surface area contributed by atoms with E-state index in [1.807, 2.05) is 19.1 Å². The molecular formula is C14H16O4. The summed E-state index contributed by atoms with van der Waals surface area (Å²) in [5.41, 5.74) is 1.52. The summed E-state index contributed by atoms with van der Waals surface area (Å²) < 4.78 is 0. The fourth-order valence-corrected chi connectivity index (χ4v) is 1.56. The van der Waals surface area contributed by atoms with Crippen LogP contribution in [0.3, 0.4) is 0 Å². The van der Waals surface area contributed by atoms with Crippen LogP contribution in [-0.2, 0) is 9.59 Å². The first-order valence-electron chi connectivity index (χ1n) is 5.77. The van der Waals surface area contributed by atoms with Crippen molar-refractivity contribution in [2.75, 3.05) is 0 Å². The molecule has 1 unspecified atom stereocenters. The standard InChI is InChI=1S/C14H16O4/c1-9-3-5-11(6-4-9)14(18)10(2)12(15)7-8-13(16)17/h3-6,10H,7-8H2,1-2H3,(H,16,17). The Balaban J connectivity index is 2.68. The second-order valence-corrected chi connectivity index (χ2v) is 4.31. The molecule has 96 valence electrons. The second kappa shape index (κ2) is 6.10. The first-order valence-corrected chi connectivity index (χ1v) is 5.77. The van der Waals surface area contributed by atoms with E-state index in [-0.39, 0.29) is 24.4 Å². The van der Waals surface area contributed by atoms with Gasteiger partial charge in [-0.05, 0) is 13.8 Å². The molecule has 1 aromatic rings. The maximum Gasteiger partial charge on any atom is 0.303 e. The average Bonchev–Trinajstić information content (AvgIpc) is 2.35. The molecule has 0 aliphatic heterocycles. The molecule has 4 nitrogen and oxygen atoms in total. The highest BCUT2D eigenvalue weighted by molar-refractivity contribution is 6.10. The largest absolute Gasteiger partial charge is 0.481 e. The number of ketones is 2. The molecule has 4 heteroatoms. The van der Waals surface area contributed by atoms with Crippen molar-refractivity contribution in [1.82, 2.24) is 0 Å². The number of hydrogen-bond donors (Lipinski definition) is 1. The number of Topliss-reactive ketones (excluding diaryl/α,β-unsaturated/α-hetero) is 2. The first-order chi connectivity index (χ1) is 8.41. The summed E-state index contributed by atoms with van der Waals surface area (Å²) in [6, 6.07) is 6.97. The molecular weight excluding hydrogens is 232 g/mol. The normalized spacial score (nSPS) is 11.9. The number of aliphatic carboxylic acids is 1. The highest BCUT2D eigenvalue weighted by Gasteiger charge is 2.22. The fourth-order valence-electron chi connectivity index (χ4n) is 1.56. The van der Waals surface area contributed by atoms with Crippen molar-refractivity contribution >= 4 is 17.5 Å². The number of carbonyl (C=O) groups is 3. The van der Waals surface area contributed by atoms with Gasteiger partial charge in [-0.15, -0.1) is 0 Å². The van der Waals surface area contributed by atoms with E-state index in [2.05, 4.69) is 0 Å². The van der Waals surface area contributed by atoms with Crippen LogP contribution in [0.2, 0.25) is 0 Å². The molecule has 0 fully saturated rings. The van der Waals surface area contributed by atoms with Crippen molar-refractivity contribution in [2.24, 2.45) is 5.92 Å². The molecule has 0 heterocycles. The molecule has 0 aliphatic rings. The SMILES string of the molecule is Cc1ccc(C(=O)C(C)C(=O)CCC(=O)O)cc1. The Hall–Kier alpha value is -1.97. The zero-order valence-corrected chi connectivity index (χ0v) is 10.5. The summed E-state index contributed by atoms with van der Waals surface area (Å²) in [4.78, 5) is 34.0. The predicted molar refractivity (Wildman–Crippen MR) is 66.6 cm³/mol. The van der Waals surface area contributed by atoms with Crippen LogP contribution < -0.4 is 0 Å². The Kier molecular flexibility index (Phi) is 4.77. The third-order valence-corrected chi connectivity index (χ3v) is 2.80. The lowest BCUT2D eigenvalue weighted by molar-refractivity contribution is -0.138. The van der Waals surface area contributed by atoms with Crippen LogP contribution in [0.25, 0.3) is 0 Å². The summed E-state index contributed by atoms with van der Waals surface area (Å²) in [7, 11) is 0. The van der Waals surface area contributed by atoms with E-state index in [9.17, 15) is 14.4 Å². The second-order valence-electron chi connectivity index (χ2n) is 4.31. The van der Waals surface area contributed by atoms with Crippen molar-refractivity contribution in [1.29, 1.82) is 0 Å². The Morgan fingerprint density at radius 1 is 1.11 bits per heavy atom. The highest BCUT2D eigenvalue weighted by Crippen LogP contribution is 2.13. The van der Waals surface area contributed by atoms with Crippen LogP contribution in [0.15, 0.2) is 24.3 Å². The lowest BCUT2D eigenvalue weighted by Crippen LogP contribution is -2.21. The van der Waals surface area contributed by atoms with Gasteiger partial charge in [-0.3, -0.25) is 14.4 Å². The zero-order chi connectivity index (χ0) is 13.7. The lowest BCUT2D eigenvalue weighted by atomic mass is 9.93. The minimum atomic E-state index is -1.03. The van der Waals surface area contributed by atoms with Crippen molar-refractivity contribution in [3.05, 3.63) is 35.4 Å². The number of aryl methyl sites for hydroxylation is 1. The molecule has 0 saturated carbocycles. The van der Waals surface area contributed by atoms with Crippen molar-refractivity contribution in [3.8, 4) is 0 Å². The Bertz CT molecular complexity index is 459. The topological polar surface area (TPSA) is 71.4 Å². The Labute approximate surface area is 106 Å². The van der Waals surface area contributed by atoms with Gasteiger partial charge in [0.2, 0.25) is 0 Å². The van der Waals surface area contributed by atoms with Gasteiger partial charge in [-0.25, -0.2) is 0 Å². The molecule has 0 radical (unpaired) electrons. The number of benzene rings is 1.